The van der Waals surface area contributed by atoms with Gasteiger partial charge in [-0.05, 0) is 60.5 Å². The molecule has 7 heteroatoms. The van der Waals surface area contributed by atoms with Gasteiger partial charge >= 0.3 is 0 Å². The van der Waals surface area contributed by atoms with E-state index >= 15 is 0 Å². The number of rotatable bonds is 7. The van der Waals surface area contributed by atoms with Gasteiger partial charge in [-0.1, -0.05) is 26.8 Å². The van der Waals surface area contributed by atoms with Gasteiger partial charge in [-0.2, -0.15) is 5.10 Å². The summed E-state index contributed by atoms with van der Waals surface area (Å²) in [6, 6.07) is 11.5. The summed E-state index contributed by atoms with van der Waals surface area (Å²) in [4.78, 5) is 2.16. The van der Waals surface area contributed by atoms with Gasteiger partial charge in [0.1, 0.15) is 11.5 Å². The van der Waals surface area contributed by atoms with E-state index in [4.69, 9.17) is 17.0 Å². The molecule has 1 heterocycles. The third kappa shape index (κ3) is 4.15. The van der Waals surface area contributed by atoms with Gasteiger partial charge in [0.2, 0.25) is 0 Å². The van der Waals surface area contributed by atoms with Crippen molar-refractivity contribution >= 4 is 17.9 Å². The number of methoxy groups -OCH3 is 1. The molecule has 0 radical (unpaired) electrons. The molecule has 0 bridgehead atoms. The van der Waals surface area contributed by atoms with Crippen LogP contribution >= 0.6 is 12.2 Å². The van der Waals surface area contributed by atoms with Gasteiger partial charge in [0.05, 0.1) is 24.0 Å². The second kappa shape index (κ2) is 8.69. The van der Waals surface area contributed by atoms with E-state index < -0.39 is 0 Å². The van der Waals surface area contributed by atoms with Crippen molar-refractivity contribution in [2.45, 2.75) is 33.1 Å². The van der Waals surface area contributed by atoms with Crippen molar-refractivity contribution < 1.29 is 9.84 Å². The fraction of sp³-hybridized carbons (Fsp3) is 0.364. The number of anilines is 1. The fourth-order valence-electron chi connectivity index (χ4n) is 3.38. The largest absolute Gasteiger partial charge is 0.507 e. The molecule has 0 amide bonds. The Bertz CT molecular complexity index is 1060. The van der Waals surface area contributed by atoms with Crippen molar-refractivity contribution in [1.29, 1.82) is 0 Å². The fourth-order valence-corrected chi connectivity index (χ4v) is 3.62. The molecule has 3 rings (SSSR count). The maximum absolute atomic E-state index is 10.5. The molecule has 2 aromatic carbocycles. The molecule has 0 spiro atoms. The molecule has 0 fully saturated rings. The summed E-state index contributed by atoms with van der Waals surface area (Å²) in [5, 5.41) is 17.8. The van der Waals surface area contributed by atoms with Gasteiger partial charge in [-0.15, -0.1) is 0 Å². The van der Waals surface area contributed by atoms with Crippen LogP contribution < -0.4 is 9.64 Å². The van der Waals surface area contributed by atoms with Crippen molar-refractivity contribution in [1.82, 2.24) is 14.8 Å². The number of aromatic amines is 1. The van der Waals surface area contributed by atoms with E-state index in [1.807, 2.05) is 41.9 Å². The van der Waals surface area contributed by atoms with Crippen LogP contribution in [0, 0.1) is 4.77 Å². The van der Waals surface area contributed by atoms with Gasteiger partial charge in [0.25, 0.3) is 0 Å². The molecular formula is C22H28N4O2S. The Morgan fingerprint density at radius 3 is 2.66 bits per heavy atom. The Morgan fingerprint density at radius 2 is 2.00 bits per heavy atom. The zero-order valence-electron chi connectivity index (χ0n) is 17.6. The molecule has 0 saturated carbocycles. The highest BCUT2D eigenvalue weighted by molar-refractivity contribution is 7.71. The first-order valence-electron chi connectivity index (χ1n) is 9.77. The lowest BCUT2D eigenvalue weighted by molar-refractivity contribution is 0.415. The number of phenolic OH excluding ortho intramolecular Hbond substituents is 1. The Hall–Kier alpha value is -2.80. The van der Waals surface area contributed by atoms with E-state index in [0.29, 0.717) is 22.1 Å². The molecule has 0 atom stereocenters. The summed E-state index contributed by atoms with van der Waals surface area (Å²) in [5.41, 5.74) is 3.59. The average molecular weight is 413 g/mol. The molecule has 6 nitrogen and oxygen atoms in total. The molecule has 3 aromatic rings. The minimum atomic E-state index is 0.168. The Labute approximate surface area is 176 Å². The first-order valence-corrected chi connectivity index (χ1v) is 10.2. The van der Waals surface area contributed by atoms with E-state index in [0.717, 1.165) is 35.7 Å². The third-order valence-electron chi connectivity index (χ3n) is 4.99. The van der Waals surface area contributed by atoms with Crippen molar-refractivity contribution in [2.24, 2.45) is 0 Å². The predicted molar refractivity (Wildman–Crippen MR) is 120 cm³/mol. The van der Waals surface area contributed by atoms with Gasteiger partial charge < -0.3 is 14.7 Å². The van der Waals surface area contributed by atoms with E-state index in [1.54, 1.807) is 13.2 Å². The SMILES string of the molecule is CCCN(C)c1cc(-n2c(-c3cc(C(C)C)ccc3O)n[nH]c2=S)ccc1OC. The Balaban J connectivity index is 2.18. The van der Waals surface area contributed by atoms with Crippen molar-refractivity contribution in [3.63, 3.8) is 0 Å². The minimum Gasteiger partial charge on any atom is -0.507 e. The van der Waals surface area contributed by atoms with Gasteiger partial charge in [0, 0.05) is 13.6 Å². The summed E-state index contributed by atoms with van der Waals surface area (Å²) in [6.07, 6.45) is 1.02. The highest BCUT2D eigenvalue weighted by Crippen LogP contribution is 2.35. The van der Waals surface area contributed by atoms with Gasteiger partial charge in [0.15, 0.2) is 10.6 Å². The van der Waals surface area contributed by atoms with Crippen LogP contribution in [0.4, 0.5) is 5.69 Å². The topological polar surface area (TPSA) is 66.3 Å². The van der Waals surface area contributed by atoms with Crippen LogP contribution in [0.2, 0.25) is 0 Å². The van der Waals surface area contributed by atoms with Crippen LogP contribution in [-0.4, -0.2) is 40.6 Å². The van der Waals surface area contributed by atoms with Crippen LogP contribution in [0.15, 0.2) is 36.4 Å². The quantitative estimate of drug-likeness (QED) is 0.517. The maximum atomic E-state index is 10.5. The number of H-pyrrole nitrogens is 1. The monoisotopic (exact) mass is 412 g/mol. The standard InChI is InChI=1S/C22H28N4O2S/c1-6-11-25(4)18-13-16(8-10-20(18)28-5)26-21(23-24-22(26)29)17-12-15(14(2)3)7-9-19(17)27/h7-10,12-14,27H,6,11H2,1-5H3,(H,24,29). The lowest BCUT2D eigenvalue weighted by Gasteiger charge is -2.22. The van der Waals surface area contributed by atoms with E-state index in [9.17, 15) is 5.11 Å². The molecular weight excluding hydrogens is 384 g/mol. The number of benzene rings is 2. The summed E-state index contributed by atoms with van der Waals surface area (Å²) >= 11 is 5.52. The lowest BCUT2D eigenvalue weighted by Crippen LogP contribution is -2.18. The highest BCUT2D eigenvalue weighted by Gasteiger charge is 2.18. The smallest absolute Gasteiger partial charge is 0.200 e. The number of nitrogens with one attached hydrogen (secondary N) is 1. The van der Waals surface area contributed by atoms with Crippen LogP contribution in [0.1, 0.15) is 38.7 Å². The van der Waals surface area contributed by atoms with Crippen LogP contribution in [0.3, 0.4) is 0 Å². The summed E-state index contributed by atoms with van der Waals surface area (Å²) in [5.74, 6) is 1.87. The van der Waals surface area contributed by atoms with Crippen LogP contribution in [-0.2, 0) is 0 Å². The summed E-state index contributed by atoms with van der Waals surface area (Å²) < 4.78 is 7.86. The number of aromatic hydroxyl groups is 1. The molecule has 0 unspecified atom stereocenters. The van der Waals surface area contributed by atoms with Crippen molar-refractivity contribution in [2.75, 3.05) is 25.6 Å². The Kier molecular flexibility index (Phi) is 6.27. The van der Waals surface area contributed by atoms with E-state index in [1.165, 1.54) is 0 Å². The molecule has 154 valence electrons. The van der Waals surface area contributed by atoms with Crippen molar-refractivity contribution in [3.05, 3.63) is 46.7 Å². The number of hydrogen-bond acceptors (Lipinski definition) is 5. The Morgan fingerprint density at radius 1 is 1.24 bits per heavy atom. The number of nitrogens with zero attached hydrogens (tertiary/aromatic N) is 3. The second-order valence-corrected chi connectivity index (χ2v) is 7.78. The van der Waals surface area contributed by atoms with Crippen LogP contribution in [0.5, 0.6) is 11.5 Å². The average Bonchev–Trinajstić information content (AvgIpc) is 3.09. The van der Waals surface area contributed by atoms with Crippen LogP contribution in [0.25, 0.3) is 17.1 Å². The van der Waals surface area contributed by atoms with E-state index in [2.05, 4.69) is 35.9 Å². The second-order valence-electron chi connectivity index (χ2n) is 7.40. The zero-order chi connectivity index (χ0) is 21.1. The van der Waals surface area contributed by atoms with Gasteiger partial charge in [-0.25, -0.2) is 0 Å². The lowest BCUT2D eigenvalue weighted by atomic mass is 10.00. The highest BCUT2D eigenvalue weighted by atomic mass is 32.1. The molecule has 1 aromatic heterocycles. The number of hydrogen-bond donors (Lipinski definition) is 2. The first-order chi connectivity index (χ1) is 13.9. The summed E-state index contributed by atoms with van der Waals surface area (Å²) in [6.45, 7) is 7.28. The minimum absolute atomic E-state index is 0.168. The number of phenols is 1. The first kappa shape index (κ1) is 20.9. The third-order valence-corrected chi connectivity index (χ3v) is 5.27. The molecule has 0 aliphatic carbocycles. The normalized spacial score (nSPS) is 11.1. The molecule has 0 aliphatic rings. The van der Waals surface area contributed by atoms with E-state index in [-0.39, 0.29) is 5.75 Å². The number of aromatic nitrogens is 3. The molecule has 29 heavy (non-hydrogen) atoms. The summed E-state index contributed by atoms with van der Waals surface area (Å²) in [7, 11) is 3.71. The molecule has 0 aliphatic heterocycles. The zero-order valence-corrected chi connectivity index (χ0v) is 18.4. The molecule has 0 saturated heterocycles. The number of ether oxygens (including phenoxy) is 1. The van der Waals surface area contributed by atoms with Crippen molar-refractivity contribution in [3.8, 4) is 28.6 Å². The predicted octanol–water partition coefficient (Wildman–Crippen LogP) is 5.28. The van der Waals surface area contributed by atoms with Gasteiger partial charge in [-0.3, -0.25) is 9.67 Å². The maximum Gasteiger partial charge on any atom is 0.200 e. The molecule has 2 N–H and O–H groups in total.